The van der Waals surface area contributed by atoms with Crippen LogP contribution in [0.4, 0.5) is 0 Å². The van der Waals surface area contributed by atoms with Crippen LogP contribution in [-0.4, -0.2) is 42.1 Å². The Hall–Kier alpha value is -0.410. The minimum atomic E-state index is -0.302. The summed E-state index contributed by atoms with van der Waals surface area (Å²) < 4.78 is 7.17. The van der Waals surface area contributed by atoms with Gasteiger partial charge in [-0.15, -0.1) is 0 Å². The van der Waals surface area contributed by atoms with Gasteiger partial charge < -0.3 is 4.74 Å². The number of nitrogens with zero attached hydrogens (tertiary/aromatic N) is 2. The zero-order valence-corrected chi connectivity index (χ0v) is 18.2. The highest BCUT2D eigenvalue weighted by Crippen LogP contribution is 2.60. The van der Waals surface area contributed by atoms with Crippen molar-refractivity contribution in [1.82, 2.24) is 4.90 Å². The third-order valence-electron chi connectivity index (χ3n) is 9.94. The summed E-state index contributed by atoms with van der Waals surface area (Å²) >= 11 is 0. The minimum Gasteiger partial charge on any atom is -0.349 e. The first-order valence-corrected chi connectivity index (χ1v) is 11.8. The monoisotopic (exact) mass is 372 g/mol. The lowest BCUT2D eigenvalue weighted by molar-refractivity contribution is -0.194. The van der Waals surface area contributed by atoms with Gasteiger partial charge in [0.05, 0.1) is 12.1 Å². The van der Waals surface area contributed by atoms with Gasteiger partial charge in [-0.3, -0.25) is 9.89 Å². The number of aliphatic imine (C=N–C) groups is 1. The molecule has 2 aliphatic heterocycles. The summed E-state index contributed by atoms with van der Waals surface area (Å²) in [7, 11) is 2.33. The maximum Gasteiger partial charge on any atom is 0.163 e. The third-order valence-corrected chi connectivity index (χ3v) is 9.94. The van der Waals surface area contributed by atoms with E-state index in [0.29, 0.717) is 24.1 Å². The summed E-state index contributed by atoms with van der Waals surface area (Å²) in [6, 6.07) is 1.07. The second-order valence-electron chi connectivity index (χ2n) is 11.2. The highest BCUT2D eigenvalue weighted by Gasteiger charge is 2.67. The molecule has 4 fully saturated rings. The zero-order valence-electron chi connectivity index (χ0n) is 18.2. The molecular weight excluding hydrogens is 332 g/mol. The van der Waals surface area contributed by atoms with Gasteiger partial charge in [-0.25, -0.2) is 0 Å². The topological polar surface area (TPSA) is 24.8 Å². The molecular formula is C24H40N2O. The molecule has 0 aromatic heterocycles. The van der Waals surface area contributed by atoms with Crippen molar-refractivity contribution in [3.05, 3.63) is 0 Å². The maximum absolute atomic E-state index is 7.17. The normalized spacial score (nSPS) is 54.4. The number of ether oxygens (including phenoxy) is 1. The molecule has 1 saturated heterocycles. The molecule has 3 saturated carbocycles. The average molecular weight is 373 g/mol. The minimum absolute atomic E-state index is 0.110. The van der Waals surface area contributed by atoms with Crippen molar-refractivity contribution in [2.24, 2.45) is 40.0 Å². The molecule has 0 amide bonds. The molecule has 152 valence electrons. The van der Waals surface area contributed by atoms with Gasteiger partial charge in [0, 0.05) is 17.7 Å². The Bertz CT molecular complexity index is 616. The number of hydrogen-bond acceptors (Lipinski definition) is 3. The second-order valence-corrected chi connectivity index (χ2v) is 11.2. The molecule has 3 heteroatoms. The molecule has 0 aromatic rings. The smallest absolute Gasteiger partial charge is 0.163 e. The molecule has 27 heavy (non-hydrogen) atoms. The van der Waals surface area contributed by atoms with E-state index in [1.807, 2.05) is 0 Å². The highest BCUT2D eigenvalue weighted by molar-refractivity contribution is 5.72. The van der Waals surface area contributed by atoms with E-state index in [0.717, 1.165) is 23.7 Å². The number of hydrogen-bond donors (Lipinski definition) is 0. The Morgan fingerprint density at radius 3 is 2.59 bits per heavy atom. The van der Waals surface area contributed by atoms with Crippen LogP contribution in [0.25, 0.3) is 0 Å². The largest absolute Gasteiger partial charge is 0.349 e. The van der Waals surface area contributed by atoms with Crippen molar-refractivity contribution in [1.29, 1.82) is 0 Å². The summed E-state index contributed by atoms with van der Waals surface area (Å²) in [6.45, 7) is 9.90. The van der Waals surface area contributed by atoms with Crippen molar-refractivity contribution in [3.8, 4) is 0 Å². The second kappa shape index (κ2) is 6.29. The molecule has 0 aromatic carbocycles. The fourth-order valence-corrected chi connectivity index (χ4v) is 8.24. The lowest BCUT2D eigenvalue weighted by atomic mass is 9.60. The number of likely N-dealkylation sites (tertiary alicyclic amines) is 1. The maximum atomic E-state index is 7.17. The molecule has 3 nitrogen and oxygen atoms in total. The zero-order chi connectivity index (χ0) is 19.0. The van der Waals surface area contributed by atoms with Crippen LogP contribution >= 0.6 is 0 Å². The van der Waals surface area contributed by atoms with Crippen LogP contribution in [0.5, 0.6) is 0 Å². The predicted octanol–water partition coefficient (Wildman–Crippen LogP) is 5.14. The van der Waals surface area contributed by atoms with Crippen LogP contribution in [0, 0.1) is 35.0 Å². The van der Waals surface area contributed by atoms with Crippen molar-refractivity contribution >= 4 is 6.21 Å². The average Bonchev–Trinajstić information content (AvgIpc) is 2.83. The third kappa shape index (κ3) is 2.43. The number of fused-ring (bicyclic) bond motifs is 4. The van der Waals surface area contributed by atoms with E-state index >= 15 is 0 Å². The Morgan fingerprint density at radius 1 is 1.00 bits per heavy atom. The van der Waals surface area contributed by atoms with Crippen molar-refractivity contribution in [3.63, 3.8) is 0 Å². The van der Waals surface area contributed by atoms with E-state index in [2.05, 4.69) is 45.9 Å². The van der Waals surface area contributed by atoms with Gasteiger partial charge in [0.1, 0.15) is 0 Å². The summed E-state index contributed by atoms with van der Waals surface area (Å²) in [5, 5.41) is 0. The Labute approximate surface area is 166 Å². The first-order valence-electron chi connectivity index (χ1n) is 11.8. The molecule has 0 bridgehead atoms. The van der Waals surface area contributed by atoms with E-state index in [1.165, 1.54) is 51.4 Å². The standard InChI is InChI=1S/C24H40N2O/c1-15-10-12-19-21(16(15)2)23(3,4)24(26(19)5)14-25-22-18-9-7-6-8-17(18)11-13-20(22)27-24/h14-22H,6-13H2,1-5H3. The fraction of sp³-hybridized carbons (Fsp3) is 0.958. The first-order chi connectivity index (χ1) is 12.9. The first kappa shape index (κ1) is 18.6. The summed E-state index contributed by atoms with van der Waals surface area (Å²) in [6.07, 6.45) is 13.5. The molecule has 0 N–H and O–H groups in total. The van der Waals surface area contributed by atoms with Gasteiger partial charge in [-0.05, 0) is 68.7 Å². The van der Waals surface area contributed by atoms with Crippen LogP contribution in [-0.2, 0) is 4.74 Å². The molecule has 9 unspecified atom stereocenters. The van der Waals surface area contributed by atoms with Gasteiger partial charge >= 0.3 is 0 Å². The predicted molar refractivity (Wildman–Crippen MR) is 111 cm³/mol. The molecule has 2 heterocycles. The molecule has 9 atom stereocenters. The molecule has 5 rings (SSSR count). The van der Waals surface area contributed by atoms with Gasteiger partial charge in [0.15, 0.2) is 5.72 Å². The summed E-state index contributed by atoms with van der Waals surface area (Å²) in [5.41, 5.74) is -0.193. The quantitative estimate of drug-likeness (QED) is 0.588. The molecule has 5 aliphatic rings. The number of rotatable bonds is 0. The van der Waals surface area contributed by atoms with Crippen LogP contribution < -0.4 is 0 Å². The highest BCUT2D eigenvalue weighted by atomic mass is 16.5. The lowest BCUT2D eigenvalue weighted by Crippen LogP contribution is -2.62. The van der Waals surface area contributed by atoms with Gasteiger partial charge in [-0.2, -0.15) is 0 Å². The van der Waals surface area contributed by atoms with E-state index in [9.17, 15) is 0 Å². The van der Waals surface area contributed by atoms with Crippen molar-refractivity contribution in [2.75, 3.05) is 7.05 Å². The molecule has 1 spiro atoms. The molecule has 3 aliphatic carbocycles. The Balaban J connectivity index is 1.50. The molecule has 0 radical (unpaired) electrons. The van der Waals surface area contributed by atoms with Crippen LogP contribution in [0.3, 0.4) is 0 Å². The van der Waals surface area contributed by atoms with Gasteiger partial charge in [-0.1, -0.05) is 47.0 Å². The lowest BCUT2D eigenvalue weighted by Gasteiger charge is -2.53. The fourth-order valence-electron chi connectivity index (χ4n) is 8.24. The van der Waals surface area contributed by atoms with Crippen LogP contribution in [0.15, 0.2) is 4.99 Å². The SMILES string of the molecule is CC1CCC2C(C1C)C(C)(C)C1(C=NC3C(CCC4CCCCC43)O1)N2C. The van der Waals surface area contributed by atoms with Gasteiger partial charge in [0.2, 0.25) is 0 Å². The van der Waals surface area contributed by atoms with Crippen molar-refractivity contribution in [2.45, 2.75) is 103 Å². The summed E-state index contributed by atoms with van der Waals surface area (Å²) in [4.78, 5) is 7.93. The van der Waals surface area contributed by atoms with Gasteiger partial charge in [0.25, 0.3) is 0 Å². The van der Waals surface area contributed by atoms with E-state index in [1.54, 1.807) is 0 Å². The Kier molecular flexibility index (Phi) is 4.34. The van der Waals surface area contributed by atoms with E-state index < -0.39 is 0 Å². The van der Waals surface area contributed by atoms with E-state index in [4.69, 9.17) is 9.73 Å². The van der Waals surface area contributed by atoms with Crippen LogP contribution in [0.1, 0.15) is 79.1 Å². The summed E-state index contributed by atoms with van der Waals surface area (Å²) in [5.74, 6) is 3.96. The Morgan fingerprint density at radius 2 is 1.78 bits per heavy atom. The van der Waals surface area contributed by atoms with Crippen molar-refractivity contribution < 1.29 is 4.74 Å². The van der Waals surface area contributed by atoms with Crippen LogP contribution in [0.2, 0.25) is 0 Å². The van der Waals surface area contributed by atoms with E-state index in [-0.39, 0.29) is 11.1 Å².